The van der Waals surface area contributed by atoms with Gasteiger partial charge in [-0.15, -0.1) is 0 Å². The number of carbonyl (C=O) groups is 1. The lowest BCUT2D eigenvalue weighted by Crippen LogP contribution is -2.27. The lowest BCUT2D eigenvalue weighted by Gasteiger charge is -2.11. The van der Waals surface area contributed by atoms with Gasteiger partial charge in [0, 0.05) is 6.42 Å². The normalized spacial score (nSPS) is 15.3. The number of nitrogens with zero attached hydrogens (tertiary/aromatic N) is 1. The van der Waals surface area contributed by atoms with Crippen LogP contribution in [0.3, 0.4) is 0 Å². The van der Waals surface area contributed by atoms with E-state index in [-0.39, 0.29) is 5.91 Å². The van der Waals surface area contributed by atoms with Crippen LogP contribution >= 0.6 is 11.3 Å². The Kier molecular flexibility index (Phi) is 4.01. The zero-order valence-electron chi connectivity index (χ0n) is 11.8. The molecule has 0 bridgehead atoms. The van der Waals surface area contributed by atoms with Crippen molar-refractivity contribution in [3.8, 4) is 0 Å². The summed E-state index contributed by atoms with van der Waals surface area (Å²) < 4.78 is 5.38. The number of thiazole rings is 1. The summed E-state index contributed by atoms with van der Waals surface area (Å²) in [6.45, 7) is 3.26. The topological polar surface area (TPSA) is 77.2 Å². The van der Waals surface area contributed by atoms with E-state index in [0.29, 0.717) is 18.3 Å². The quantitative estimate of drug-likeness (QED) is 0.911. The number of hydrogen-bond donors (Lipinski definition) is 2. The minimum absolute atomic E-state index is 0.245. The van der Waals surface area contributed by atoms with Crippen LogP contribution in [-0.2, 0) is 22.6 Å². The average molecular weight is 303 g/mol. The van der Waals surface area contributed by atoms with Crippen molar-refractivity contribution in [2.45, 2.75) is 26.0 Å². The summed E-state index contributed by atoms with van der Waals surface area (Å²) in [5, 5.41) is 3.40. The minimum atomic E-state index is -0.692. The van der Waals surface area contributed by atoms with Crippen molar-refractivity contribution in [1.29, 1.82) is 0 Å². The van der Waals surface area contributed by atoms with Crippen LogP contribution in [0.1, 0.15) is 27.7 Å². The smallest absolute Gasteiger partial charge is 0.247 e. The van der Waals surface area contributed by atoms with E-state index in [9.17, 15) is 4.79 Å². The molecule has 1 atom stereocenters. The summed E-state index contributed by atoms with van der Waals surface area (Å²) in [6.07, 6.45) is 0.797. The molecule has 1 aliphatic rings. The van der Waals surface area contributed by atoms with E-state index in [1.165, 1.54) is 11.3 Å². The number of nitrogens with two attached hydrogens (primary N) is 1. The second kappa shape index (κ2) is 5.93. The SMILES string of the molecule is Cc1ccc(C(N)C(=O)Nc2nc3c(s2)COCC3)cc1. The number of aromatic nitrogens is 1. The largest absolute Gasteiger partial charge is 0.375 e. The first-order valence-corrected chi connectivity index (χ1v) is 7.64. The molecule has 6 heteroatoms. The lowest BCUT2D eigenvalue weighted by molar-refractivity contribution is -0.117. The van der Waals surface area contributed by atoms with E-state index >= 15 is 0 Å². The first kappa shape index (κ1) is 14.2. The minimum Gasteiger partial charge on any atom is -0.375 e. The summed E-state index contributed by atoms with van der Waals surface area (Å²) in [4.78, 5) is 17.7. The number of aryl methyl sites for hydroxylation is 1. The number of anilines is 1. The highest BCUT2D eigenvalue weighted by atomic mass is 32.1. The Balaban J connectivity index is 1.70. The highest BCUT2D eigenvalue weighted by molar-refractivity contribution is 7.15. The first-order valence-electron chi connectivity index (χ1n) is 6.83. The molecule has 0 aliphatic carbocycles. The van der Waals surface area contributed by atoms with Crippen LogP contribution in [0.2, 0.25) is 0 Å². The molecule has 1 amide bonds. The van der Waals surface area contributed by atoms with Crippen molar-refractivity contribution >= 4 is 22.4 Å². The summed E-state index contributed by atoms with van der Waals surface area (Å²) >= 11 is 1.46. The number of ether oxygens (including phenoxy) is 1. The third kappa shape index (κ3) is 3.12. The van der Waals surface area contributed by atoms with Crippen LogP contribution in [0.5, 0.6) is 0 Å². The van der Waals surface area contributed by atoms with Crippen LogP contribution in [0.25, 0.3) is 0 Å². The molecule has 1 aromatic carbocycles. The van der Waals surface area contributed by atoms with E-state index < -0.39 is 6.04 Å². The van der Waals surface area contributed by atoms with E-state index in [4.69, 9.17) is 10.5 Å². The number of fused-ring (bicyclic) bond motifs is 1. The first-order chi connectivity index (χ1) is 10.1. The molecule has 21 heavy (non-hydrogen) atoms. The van der Waals surface area contributed by atoms with Gasteiger partial charge in [-0.3, -0.25) is 4.79 Å². The molecule has 2 aromatic rings. The van der Waals surface area contributed by atoms with Gasteiger partial charge in [-0.25, -0.2) is 4.98 Å². The standard InChI is InChI=1S/C15H17N3O2S/c1-9-2-4-10(5-3-9)13(16)14(19)18-15-17-11-6-7-20-8-12(11)21-15/h2-5,13H,6-8,16H2,1H3,(H,17,18,19). The predicted molar refractivity (Wildman–Crippen MR) is 82.2 cm³/mol. The van der Waals surface area contributed by atoms with Crippen molar-refractivity contribution in [3.63, 3.8) is 0 Å². The third-order valence-electron chi connectivity index (χ3n) is 3.44. The fourth-order valence-corrected chi connectivity index (χ4v) is 3.14. The Morgan fingerprint density at radius 1 is 1.43 bits per heavy atom. The summed E-state index contributed by atoms with van der Waals surface area (Å²) in [7, 11) is 0. The van der Waals surface area contributed by atoms with Crippen LogP contribution in [0.4, 0.5) is 5.13 Å². The van der Waals surface area contributed by atoms with Crippen LogP contribution < -0.4 is 11.1 Å². The zero-order valence-corrected chi connectivity index (χ0v) is 12.6. The molecule has 0 saturated heterocycles. The number of hydrogen-bond acceptors (Lipinski definition) is 5. The second-order valence-corrected chi connectivity index (χ2v) is 6.15. The van der Waals surface area contributed by atoms with Crippen LogP contribution in [-0.4, -0.2) is 17.5 Å². The van der Waals surface area contributed by atoms with Gasteiger partial charge in [0.25, 0.3) is 0 Å². The van der Waals surface area contributed by atoms with Crippen molar-refractivity contribution in [2.75, 3.05) is 11.9 Å². The molecule has 0 spiro atoms. The maximum Gasteiger partial charge on any atom is 0.247 e. The average Bonchev–Trinajstić information content (AvgIpc) is 2.89. The van der Waals surface area contributed by atoms with Gasteiger partial charge in [0.15, 0.2) is 5.13 Å². The monoisotopic (exact) mass is 303 g/mol. The highest BCUT2D eigenvalue weighted by Crippen LogP contribution is 2.27. The Bertz CT molecular complexity index is 628. The molecule has 0 fully saturated rings. The summed E-state index contributed by atoms with van der Waals surface area (Å²) in [5.74, 6) is -0.245. The van der Waals surface area contributed by atoms with Gasteiger partial charge < -0.3 is 15.8 Å². The Morgan fingerprint density at radius 3 is 2.90 bits per heavy atom. The van der Waals surface area contributed by atoms with Crippen LogP contribution in [0, 0.1) is 6.92 Å². The summed E-state index contributed by atoms with van der Waals surface area (Å²) in [5.41, 5.74) is 8.95. The van der Waals surface area contributed by atoms with E-state index in [1.54, 1.807) is 0 Å². The molecule has 1 aliphatic heterocycles. The molecule has 5 nitrogen and oxygen atoms in total. The fourth-order valence-electron chi connectivity index (χ4n) is 2.19. The maximum atomic E-state index is 12.2. The van der Waals surface area contributed by atoms with E-state index in [0.717, 1.165) is 28.1 Å². The van der Waals surface area contributed by atoms with Gasteiger partial charge in [0.05, 0.1) is 23.8 Å². The number of benzene rings is 1. The molecule has 1 aromatic heterocycles. The third-order valence-corrected chi connectivity index (χ3v) is 4.43. The number of carbonyl (C=O) groups excluding carboxylic acids is 1. The van der Waals surface area contributed by atoms with Gasteiger partial charge in [0.1, 0.15) is 6.04 Å². The van der Waals surface area contributed by atoms with Gasteiger partial charge >= 0.3 is 0 Å². The van der Waals surface area contributed by atoms with Crippen molar-refractivity contribution < 1.29 is 9.53 Å². The molecule has 1 unspecified atom stereocenters. The van der Waals surface area contributed by atoms with Crippen LogP contribution in [0.15, 0.2) is 24.3 Å². The van der Waals surface area contributed by atoms with Gasteiger partial charge in [-0.1, -0.05) is 41.2 Å². The number of nitrogens with one attached hydrogen (secondary N) is 1. The lowest BCUT2D eigenvalue weighted by atomic mass is 10.1. The van der Waals surface area contributed by atoms with Gasteiger partial charge in [0.2, 0.25) is 5.91 Å². The van der Waals surface area contributed by atoms with Crippen molar-refractivity contribution in [3.05, 3.63) is 46.0 Å². The molecular weight excluding hydrogens is 286 g/mol. The molecular formula is C15H17N3O2S. The Morgan fingerprint density at radius 2 is 2.19 bits per heavy atom. The second-order valence-electron chi connectivity index (χ2n) is 5.07. The van der Waals surface area contributed by atoms with Crippen molar-refractivity contribution in [2.24, 2.45) is 5.73 Å². The fraction of sp³-hybridized carbons (Fsp3) is 0.333. The molecule has 3 N–H and O–H groups in total. The van der Waals surface area contributed by atoms with Gasteiger partial charge in [-0.05, 0) is 12.5 Å². The van der Waals surface area contributed by atoms with Crippen molar-refractivity contribution in [1.82, 2.24) is 4.98 Å². The van der Waals surface area contributed by atoms with Gasteiger partial charge in [-0.2, -0.15) is 0 Å². The Hall–Kier alpha value is -1.76. The highest BCUT2D eigenvalue weighted by Gasteiger charge is 2.20. The molecule has 0 radical (unpaired) electrons. The maximum absolute atomic E-state index is 12.2. The zero-order chi connectivity index (χ0) is 14.8. The number of rotatable bonds is 3. The molecule has 110 valence electrons. The number of amides is 1. The molecule has 0 saturated carbocycles. The molecule has 2 heterocycles. The van der Waals surface area contributed by atoms with E-state index in [2.05, 4.69) is 10.3 Å². The van der Waals surface area contributed by atoms with E-state index in [1.807, 2.05) is 31.2 Å². The Labute approximate surface area is 127 Å². The molecule has 3 rings (SSSR count). The predicted octanol–water partition coefficient (Wildman–Crippen LogP) is 2.16. The summed E-state index contributed by atoms with van der Waals surface area (Å²) in [6, 6.07) is 6.95.